The summed E-state index contributed by atoms with van der Waals surface area (Å²) in [6, 6.07) is 6.68. The van der Waals surface area contributed by atoms with Crippen LogP contribution in [-0.2, 0) is 10.2 Å². The summed E-state index contributed by atoms with van der Waals surface area (Å²) in [5, 5.41) is 15.7. The topological polar surface area (TPSA) is 104 Å². The molecule has 1 saturated heterocycles. The summed E-state index contributed by atoms with van der Waals surface area (Å²) >= 11 is 0. The van der Waals surface area contributed by atoms with Crippen molar-refractivity contribution < 1.29 is 18.4 Å². The lowest BCUT2D eigenvalue weighted by Crippen LogP contribution is -2.27. The standard InChI is InChI=1S/C16H14FN5O3/c17-13-5-10(1-2-12(13)16(8-18)3-4-16)22-7-11(25-15(22)23)6-19-14-20-9-24-21-14/h1-2,5,9,11H,3-4,6-7H2,(H,19,21). The molecule has 1 aliphatic heterocycles. The van der Waals surface area contributed by atoms with E-state index in [0.29, 0.717) is 36.6 Å². The number of carbonyl (C=O) groups is 1. The van der Waals surface area contributed by atoms with Crippen LogP contribution in [0, 0.1) is 17.1 Å². The first-order chi connectivity index (χ1) is 12.1. The van der Waals surface area contributed by atoms with Crippen molar-refractivity contribution in [2.45, 2.75) is 24.4 Å². The number of rotatable bonds is 5. The van der Waals surface area contributed by atoms with Gasteiger partial charge in [-0.05, 0) is 30.1 Å². The molecule has 4 rings (SSSR count). The Balaban J connectivity index is 1.46. The minimum Gasteiger partial charge on any atom is -0.442 e. The highest BCUT2D eigenvalue weighted by molar-refractivity contribution is 5.89. The highest BCUT2D eigenvalue weighted by atomic mass is 19.1. The molecule has 0 radical (unpaired) electrons. The van der Waals surface area contributed by atoms with E-state index in [9.17, 15) is 14.4 Å². The summed E-state index contributed by atoms with van der Waals surface area (Å²) in [5.74, 6) is -0.172. The Morgan fingerprint density at radius 3 is 2.96 bits per heavy atom. The number of nitrogens with one attached hydrogen (secondary N) is 1. The number of aromatic nitrogens is 2. The van der Waals surface area contributed by atoms with Crippen LogP contribution in [0.5, 0.6) is 0 Å². The maximum atomic E-state index is 14.4. The molecule has 1 aliphatic carbocycles. The Morgan fingerprint density at radius 1 is 1.48 bits per heavy atom. The van der Waals surface area contributed by atoms with Crippen LogP contribution in [0.3, 0.4) is 0 Å². The Morgan fingerprint density at radius 2 is 2.32 bits per heavy atom. The van der Waals surface area contributed by atoms with Gasteiger partial charge in [-0.2, -0.15) is 10.2 Å². The van der Waals surface area contributed by atoms with Gasteiger partial charge < -0.3 is 14.6 Å². The number of nitrogens with zero attached hydrogens (tertiary/aromatic N) is 4. The lowest BCUT2D eigenvalue weighted by molar-refractivity contribution is 0.147. The number of carbonyl (C=O) groups excluding carboxylic acids is 1. The number of anilines is 2. The van der Waals surface area contributed by atoms with Gasteiger partial charge in [0, 0.05) is 5.56 Å². The lowest BCUT2D eigenvalue weighted by atomic mass is 9.97. The molecule has 9 heteroatoms. The monoisotopic (exact) mass is 343 g/mol. The minimum atomic E-state index is -0.703. The molecule has 1 unspecified atom stereocenters. The van der Waals surface area contributed by atoms with Crippen LogP contribution < -0.4 is 10.2 Å². The van der Waals surface area contributed by atoms with E-state index in [1.54, 1.807) is 12.1 Å². The van der Waals surface area contributed by atoms with Gasteiger partial charge in [0.05, 0.1) is 30.3 Å². The number of benzene rings is 1. The zero-order chi connectivity index (χ0) is 17.4. The number of nitriles is 1. The third-order valence-electron chi connectivity index (χ3n) is 4.47. The molecule has 2 aliphatic rings. The van der Waals surface area contributed by atoms with Crippen molar-refractivity contribution >= 4 is 17.7 Å². The predicted octanol–water partition coefficient (Wildman–Crippen LogP) is 2.20. The summed E-state index contributed by atoms with van der Waals surface area (Å²) < 4.78 is 24.3. The number of hydrogen-bond donors (Lipinski definition) is 1. The Kier molecular flexibility index (Phi) is 3.53. The van der Waals surface area contributed by atoms with E-state index >= 15 is 0 Å². The number of cyclic esters (lactones) is 1. The van der Waals surface area contributed by atoms with Crippen LogP contribution >= 0.6 is 0 Å². The molecule has 2 fully saturated rings. The minimum absolute atomic E-state index is 0.270. The molecule has 0 spiro atoms. The fraction of sp³-hybridized carbons (Fsp3) is 0.375. The normalized spacial score (nSPS) is 20.9. The average Bonchev–Trinajstić information content (AvgIpc) is 3.04. The number of hydrogen-bond acceptors (Lipinski definition) is 7. The van der Waals surface area contributed by atoms with Crippen LogP contribution in [0.25, 0.3) is 0 Å². The first-order valence-electron chi connectivity index (χ1n) is 7.81. The first kappa shape index (κ1) is 15.4. The van der Waals surface area contributed by atoms with E-state index in [2.05, 4.69) is 26.0 Å². The third-order valence-corrected chi connectivity index (χ3v) is 4.47. The molecule has 8 nitrogen and oxygen atoms in total. The molecule has 128 valence electrons. The molecule has 1 saturated carbocycles. The highest BCUT2D eigenvalue weighted by Gasteiger charge is 2.47. The molecule has 2 heterocycles. The van der Waals surface area contributed by atoms with Gasteiger partial charge in [-0.3, -0.25) is 4.90 Å². The Bertz CT molecular complexity index is 844. The zero-order valence-electron chi connectivity index (χ0n) is 13.1. The van der Waals surface area contributed by atoms with Gasteiger partial charge in [0.2, 0.25) is 6.39 Å². The van der Waals surface area contributed by atoms with Gasteiger partial charge >= 0.3 is 6.09 Å². The van der Waals surface area contributed by atoms with Crippen molar-refractivity contribution in [2.24, 2.45) is 0 Å². The van der Waals surface area contributed by atoms with Crippen molar-refractivity contribution in [3.05, 3.63) is 36.0 Å². The third kappa shape index (κ3) is 2.76. The smallest absolute Gasteiger partial charge is 0.414 e. The molecule has 1 aromatic carbocycles. The van der Waals surface area contributed by atoms with Gasteiger partial charge in [0.25, 0.3) is 5.95 Å². The molecular formula is C16H14FN5O3. The number of ether oxygens (including phenoxy) is 1. The molecule has 25 heavy (non-hydrogen) atoms. The van der Waals surface area contributed by atoms with Gasteiger partial charge in [-0.25, -0.2) is 9.18 Å². The summed E-state index contributed by atoms with van der Waals surface area (Å²) in [4.78, 5) is 17.2. The van der Waals surface area contributed by atoms with Gasteiger partial charge in [-0.1, -0.05) is 6.07 Å². The van der Waals surface area contributed by atoms with Crippen LogP contribution in [0.4, 0.5) is 20.8 Å². The molecule has 1 amide bonds. The summed E-state index contributed by atoms with van der Waals surface area (Å²) in [7, 11) is 0. The maximum absolute atomic E-state index is 14.4. The highest BCUT2D eigenvalue weighted by Crippen LogP contribution is 2.48. The fourth-order valence-electron chi connectivity index (χ4n) is 2.92. The van der Waals surface area contributed by atoms with E-state index in [-0.39, 0.29) is 6.54 Å². The van der Waals surface area contributed by atoms with Gasteiger partial charge in [0.1, 0.15) is 11.9 Å². The van der Waals surface area contributed by atoms with Crippen LogP contribution in [-0.4, -0.2) is 35.4 Å². The molecular weight excluding hydrogens is 329 g/mol. The van der Waals surface area contributed by atoms with Crippen LogP contribution in [0.15, 0.2) is 29.1 Å². The van der Waals surface area contributed by atoms with Crippen molar-refractivity contribution in [1.29, 1.82) is 5.26 Å². The summed E-state index contributed by atoms with van der Waals surface area (Å²) in [6.45, 7) is 0.575. The Hall–Kier alpha value is -3.15. The van der Waals surface area contributed by atoms with Crippen LogP contribution in [0.2, 0.25) is 0 Å². The first-order valence-corrected chi connectivity index (χ1v) is 7.81. The second kappa shape index (κ2) is 5.73. The molecule has 2 aromatic rings. The summed E-state index contributed by atoms with van der Waals surface area (Å²) in [5.41, 5.74) is 0.0919. The van der Waals surface area contributed by atoms with Crippen molar-refractivity contribution in [1.82, 2.24) is 10.1 Å². The van der Waals surface area contributed by atoms with E-state index in [1.807, 2.05) is 0 Å². The predicted molar refractivity (Wildman–Crippen MR) is 83.3 cm³/mol. The van der Waals surface area contributed by atoms with Gasteiger partial charge in [-0.15, -0.1) is 0 Å². The van der Waals surface area contributed by atoms with Crippen LogP contribution in [0.1, 0.15) is 18.4 Å². The molecule has 1 aromatic heterocycles. The van der Waals surface area contributed by atoms with E-state index in [1.165, 1.54) is 17.4 Å². The van der Waals surface area contributed by atoms with Crippen molar-refractivity contribution in [2.75, 3.05) is 23.3 Å². The second-order valence-corrected chi connectivity index (χ2v) is 6.11. The van der Waals surface area contributed by atoms with E-state index in [4.69, 9.17) is 4.74 Å². The molecule has 0 bridgehead atoms. The van der Waals surface area contributed by atoms with Crippen molar-refractivity contribution in [3.63, 3.8) is 0 Å². The van der Waals surface area contributed by atoms with E-state index < -0.39 is 23.4 Å². The summed E-state index contributed by atoms with van der Waals surface area (Å²) in [6.07, 6.45) is 1.54. The molecule has 1 N–H and O–H groups in total. The largest absolute Gasteiger partial charge is 0.442 e. The van der Waals surface area contributed by atoms with Gasteiger partial charge in [0.15, 0.2) is 0 Å². The lowest BCUT2D eigenvalue weighted by Gasteiger charge is -2.15. The zero-order valence-corrected chi connectivity index (χ0v) is 13.1. The Labute approximate surface area is 142 Å². The van der Waals surface area contributed by atoms with Crippen molar-refractivity contribution in [3.8, 4) is 6.07 Å². The second-order valence-electron chi connectivity index (χ2n) is 6.11. The SMILES string of the molecule is N#CC1(c2ccc(N3CC(CNc4ncon4)OC3=O)cc2F)CC1. The number of halogens is 1. The van der Waals surface area contributed by atoms with E-state index in [0.717, 1.165) is 0 Å². The average molecular weight is 343 g/mol. The maximum Gasteiger partial charge on any atom is 0.414 e. The molecule has 1 atom stereocenters. The number of amides is 1. The fourth-order valence-corrected chi connectivity index (χ4v) is 2.92. The quantitative estimate of drug-likeness (QED) is 0.887.